The summed E-state index contributed by atoms with van der Waals surface area (Å²) in [6, 6.07) is 11.4. The second-order valence-corrected chi connectivity index (χ2v) is 9.59. The molecule has 30 heavy (non-hydrogen) atoms. The number of ether oxygens (including phenoxy) is 1. The molecule has 1 amide bonds. The summed E-state index contributed by atoms with van der Waals surface area (Å²) in [7, 11) is 0. The lowest BCUT2D eigenvalue weighted by Crippen LogP contribution is -2.12. The van der Waals surface area contributed by atoms with Crippen LogP contribution >= 0.6 is 46.3 Å². The van der Waals surface area contributed by atoms with Crippen molar-refractivity contribution in [3.8, 4) is 5.75 Å². The molecule has 0 unspecified atom stereocenters. The average molecular weight is 482 g/mol. The standard InChI is InChI=1S/C21H21Cl2N3O2S2/c1-3-4-8-28-18-16(22)10-15(11-17(18)23)19(27)24-20-25-26-21(30-20)29-12-14-7-5-6-13(2)9-14/h5-7,9-11H,3-4,8,12H2,1-2H3,(H,24,25,27). The van der Waals surface area contributed by atoms with E-state index in [2.05, 4.69) is 47.6 Å². The molecule has 0 spiro atoms. The van der Waals surface area contributed by atoms with Crippen molar-refractivity contribution >= 4 is 57.3 Å². The van der Waals surface area contributed by atoms with Gasteiger partial charge in [-0.1, -0.05) is 89.5 Å². The molecule has 1 heterocycles. The molecule has 9 heteroatoms. The van der Waals surface area contributed by atoms with E-state index in [1.807, 2.05) is 6.07 Å². The normalized spacial score (nSPS) is 10.8. The number of carbonyl (C=O) groups excluding carboxylic acids is 1. The quantitative estimate of drug-likeness (QED) is 0.205. The molecule has 0 atom stereocenters. The summed E-state index contributed by atoms with van der Waals surface area (Å²) in [5, 5.41) is 12.0. The SMILES string of the molecule is CCCCOc1c(Cl)cc(C(=O)Nc2nnc(SCc3cccc(C)c3)s2)cc1Cl. The molecule has 5 nitrogen and oxygen atoms in total. The molecular weight excluding hydrogens is 461 g/mol. The van der Waals surface area contributed by atoms with Crippen LogP contribution in [-0.4, -0.2) is 22.7 Å². The predicted octanol–water partition coefficient (Wildman–Crippen LogP) is 6.88. The molecule has 0 radical (unpaired) electrons. The van der Waals surface area contributed by atoms with Gasteiger partial charge in [0.05, 0.1) is 16.7 Å². The number of halogens is 2. The maximum absolute atomic E-state index is 12.6. The van der Waals surface area contributed by atoms with E-state index in [1.165, 1.54) is 22.5 Å². The lowest BCUT2D eigenvalue weighted by Gasteiger charge is -2.11. The van der Waals surface area contributed by atoms with Gasteiger partial charge in [-0.2, -0.15) is 0 Å². The highest BCUT2D eigenvalue weighted by Crippen LogP contribution is 2.35. The summed E-state index contributed by atoms with van der Waals surface area (Å²) in [5.41, 5.74) is 2.76. The number of nitrogens with zero attached hydrogens (tertiary/aromatic N) is 2. The van der Waals surface area contributed by atoms with Crippen LogP contribution in [0.4, 0.5) is 5.13 Å². The minimum Gasteiger partial charge on any atom is -0.490 e. The fraction of sp³-hybridized carbons (Fsp3) is 0.286. The summed E-state index contributed by atoms with van der Waals surface area (Å²) in [6.07, 6.45) is 1.90. The molecule has 1 aromatic heterocycles. The number of amides is 1. The van der Waals surface area contributed by atoms with Crippen LogP contribution in [0.25, 0.3) is 0 Å². The van der Waals surface area contributed by atoms with Gasteiger partial charge in [-0.25, -0.2) is 0 Å². The highest BCUT2D eigenvalue weighted by molar-refractivity contribution is 8.00. The lowest BCUT2D eigenvalue weighted by molar-refractivity contribution is 0.102. The van der Waals surface area contributed by atoms with Crippen LogP contribution in [0.5, 0.6) is 5.75 Å². The summed E-state index contributed by atoms with van der Waals surface area (Å²) < 4.78 is 6.40. The van der Waals surface area contributed by atoms with Crippen LogP contribution in [0, 0.1) is 6.92 Å². The number of hydrogen-bond donors (Lipinski definition) is 1. The number of nitrogens with one attached hydrogen (secondary N) is 1. The number of aromatic nitrogens is 2. The third kappa shape index (κ3) is 6.35. The third-order valence-corrected chi connectivity index (χ3v) is 6.68. The molecule has 0 saturated carbocycles. The minimum atomic E-state index is -0.356. The molecular formula is C21H21Cl2N3O2S2. The fourth-order valence-corrected chi connectivity index (χ4v) is 4.87. The molecule has 1 N–H and O–H groups in total. The van der Waals surface area contributed by atoms with Crippen molar-refractivity contribution in [2.24, 2.45) is 0 Å². The molecule has 158 valence electrons. The Bertz CT molecular complexity index is 1000. The number of anilines is 1. The Hall–Kier alpha value is -1.80. The molecule has 2 aromatic carbocycles. The molecule has 0 bridgehead atoms. The Morgan fingerprint density at radius 1 is 1.20 bits per heavy atom. The van der Waals surface area contributed by atoms with Gasteiger partial charge >= 0.3 is 0 Å². The van der Waals surface area contributed by atoms with Crippen molar-refractivity contribution in [3.05, 3.63) is 63.1 Å². The van der Waals surface area contributed by atoms with Crippen LogP contribution in [0.3, 0.4) is 0 Å². The van der Waals surface area contributed by atoms with Gasteiger partial charge in [-0.3, -0.25) is 10.1 Å². The van der Waals surface area contributed by atoms with Crippen molar-refractivity contribution in [3.63, 3.8) is 0 Å². The maximum atomic E-state index is 12.6. The molecule has 3 rings (SSSR count). The second kappa shape index (κ2) is 11.0. The van der Waals surface area contributed by atoms with Crippen LogP contribution in [0.2, 0.25) is 10.0 Å². The monoisotopic (exact) mass is 481 g/mol. The molecule has 3 aromatic rings. The largest absolute Gasteiger partial charge is 0.490 e. The van der Waals surface area contributed by atoms with Crippen molar-refractivity contribution < 1.29 is 9.53 Å². The number of rotatable bonds is 9. The number of benzene rings is 2. The maximum Gasteiger partial charge on any atom is 0.257 e. The van der Waals surface area contributed by atoms with E-state index in [9.17, 15) is 4.79 Å². The zero-order chi connectivity index (χ0) is 21.5. The Morgan fingerprint density at radius 3 is 2.67 bits per heavy atom. The number of thioether (sulfide) groups is 1. The first-order valence-corrected chi connectivity index (χ1v) is 12.0. The molecule has 0 aliphatic rings. The van der Waals surface area contributed by atoms with E-state index in [4.69, 9.17) is 27.9 Å². The van der Waals surface area contributed by atoms with Gasteiger partial charge in [0.25, 0.3) is 5.91 Å². The van der Waals surface area contributed by atoms with Gasteiger partial charge in [-0.05, 0) is 31.0 Å². The Morgan fingerprint density at radius 2 is 1.97 bits per heavy atom. The number of hydrogen-bond acceptors (Lipinski definition) is 6. The number of carbonyl (C=O) groups is 1. The summed E-state index contributed by atoms with van der Waals surface area (Å²) in [6.45, 7) is 4.66. The average Bonchev–Trinajstić information content (AvgIpc) is 3.15. The summed E-state index contributed by atoms with van der Waals surface area (Å²) in [4.78, 5) is 12.6. The minimum absolute atomic E-state index is 0.301. The first kappa shape index (κ1) is 22.9. The van der Waals surface area contributed by atoms with Crippen molar-refractivity contribution in [1.29, 1.82) is 0 Å². The van der Waals surface area contributed by atoms with E-state index in [-0.39, 0.29) is 5.91 Å². The predicted molar refractivity (Wildman–Crippen MR) is 125 cm³/mol. The highest BCUT2D eigenvalue weighted by atomic mass is 35.5. The van der Waals surface area contributed by atoms with E-state index in [1.54, 1.807) is 23.9 Å². The Labute approximate surface area is 194 Å². The van der Waals surface area contributed by atoms with Gasteiger partial charge in [0, 0.05) is 11.3 Å². The van der Waals surface area contributed by atoms with Gasteiger partial charge in [0.15, 0.2) is 10.1 Å². The number of unbranched alkanes of at least 4 members (excludes halogenated alkanes) is 1. The van der Waals surface area contributed by atoms with Gasteiger partial charge in [0.1, 0.15) is 0 Å². The van der Waals surface area contributed by atoms with Crippen molar-refractivity contribution in [2.75, 3.05) is 11.9 Å². The first-order valence-electron chi connectivity index (χ1n) is 9.41. The third-order valence-electron chi connectivity index (χ3n) is 4.08. The van der Waals surface area contributed by atoms with Gasteiger partial charge in [-0.15, -0.1) is 10.2 Å². The Kier molecular flexibility index (Phi) is 8.39. The van der Waals surface area contributed by atoms with Crippen molar-refractivity contribution in [1.82, 2.24) is 10.2 Å². The zero-order valence-corrected chi connectivity index (χ0v) is 19.7. The van der Waals surface area contributed by atoms with E-state index in [0.29, 0.717) is 33.1 Å². The lowest BCUT2D eigenvalue weighted by atomic mass is 10.2. The summed E-state index contributed by atoms with van der Waals surface area (Å²) >= 11 is 15.4. The van der Waals surface area contributed by atoms with Gasteiger partial charge < -0.3 is 4.74 Å². The van der Waals surface area contributed by atoms with Crippen LogP contribution < -0.4 is 10.1 Å². The molecule has 0 aliphatic carbocycles. The van der Waals surface area contributed by atoms with E-state index >= 15 is 0 Å². The van der Waals surface area contributed by atoms with Crippen LogP contribution in [-0.2, 0) is 5.75 Å². The molecule has 0 saturated heterocycles. The van der Waals surface area contributed by atoms with Crippen LogP contribution in [0.1, 0.15) is 41.3 Å². The molecule has 0 fully saturated rings. The second-order valence-electron chi connectivity index (χ2n) is 6.58. The van der Waals surface area contributed by atoms with Crippen molar-refractivity contribution in [2.45, 2.75) is 36.8 Å². The zero-order valence-electron chi connectivity index (χ0n) is 16.6. The topological polar surface area (TPSA) is 64.1 Å². The Balaban J connectivity index is 1.61. The molecule has 0 aliphatic heterocycles. The highest BCUT2D eigenvalue weighted by Gasteiger charge is 2.16. The van der Waals surface area contributed by atoms with Gasteiger partial charge in [0.2, 0.25) is 5.13 Å². The van der Waals surface area contributed by atoms with E-state index in [0.717, 1.165) is 22.9 Å². The number of aryl methyl sites for hydroxylation is 1. The van der Waals surface area contributed by atoms with Crippen LogP contribution in [0.15, 0.2) is 40.7 Å². The van der Waals surface area contributed by atoms with E-state index < -0.39 is 0 Å². The first-order chi connectivity index (χ1) is 14.5. The fourth-order valence-electron chi connectivity index (χ4n) is 2.58. The summed E-state index contributed by atoms with van der Waals surface area (Å²) in [5.74, 6) is 0.828. The smallest absolute Gasteiger partial charge is 0.257 e.